The monoisotopic (exact) mass is 309 g/mol. The predicted molar refractivity (Wildman–Crippen MR) is 84.2 cm³/mol. The second kappa shape index (κ2) is 6.69. The van der Waals surface area contributed by atoms with Gasteiger partial charge in [-0.2, -0.15) is 0 Å². The first-order valence-corrected chi connectivity index (χ1v) is 7.06. The molecular weight excluding hydrogens is 294 g/mol. The van der Waals surface area contributed by atoms with Crippen LogP contribution in [0.5, 0.6) is 0 Å². The topological polar surface area (TPSA) is 92.9 Å². The Labute approximate surface area is 132 Å². The largest absolute Gasteiger partial charge is 0.360 e. The number of aromatic nitrogens is 3. The third kappa shape index (κ3) is 3.91. The Balaban J connectivity index is 1.65. The maximum atomic E-state index is 12.2. The van der Waals surface area contributed by atoms with Crippen LogP contribution in [0.1, 0.15) is 21.8 Å². The van der Waals surface area contributed by atoms with Crippen molar-refractivity contribution >= 4 is 17.7 Å². The molecule has 0 unspecified atom stereocenters. The number of nitrogens with one attached hydrogen (secondary N) is 2. The molecule has 7 nitrogen and oxygen atoms in total. The van der Waals surface area contributed by atoms with Crippen molar-refractivity contribution in [2.24, 2.45) is 0 Å². The van der Waals surface area contributed by atoms with E-state index in [9.17, 15) is 4.79 Å². The number of carbonyl (C=O) groups is 1. The van der Waals surface area contributed by atoms with E-state index in [-0.39, 0.29) is 17.5 Å². The zero-order chi connectivity index (χ0) is 16.1. The van der Waals surface area contributed by atoms with E-state index >= 15 is 0 Å². The summed E-state index contributed by atoms with van der Waals surface area (Å²) in [7, 11) is 0. The number of benzene rings is 1. The summed E-state index contributed by atoms with van der Waals surface area (Å²) in [4.78, 5) is 20.4. The molecular formula is C16H15N5O2. The zero-order valence-electron chi connectivity index (χ0n) is 12.5. The average molecular weight is 309 g/mol. The number of hydrogen-bond acceptors (Lipinski definition) is 6. The Morgan fingerprint density at radius 1 is 1.22 bits per heavy atom. The van der Waals surface area contributed by atoms with Crippen molar-refractivity contribution in [1.29, 1.82) is 0 Å². The second-order valence-electron chi connectivity index (χ2n) is 4.88. The van der Waals surface area contributed by atoms with Gasteiger partial charge in [0, 0.05) is 18.8 Å². The van der Waals surface area contributed by atoms with E-state index in [1.165, 1.54) is 6.20 Å². The summed E-state index contributed by atoms with van der Waals surface area (Å²) in [5.41, 5.74) is 1.30. The molecule has 0 aliphatic carbocycles. The number of anilines is 2. The van der Waals surface area contributed by atoms with Crippen molar-refractivity contribution < 1.29 is 9.32 Å². The van der Waals surface area contributed by atoms with Gasteiger partial charge in [0.2, 0.25) is 5.95 Å². The third-order valence-electron chi connectivity index (χ3n) is 3.05. The Hall–Kier alpha value is -3.22. The van der Waals surface area contributed by atoms with Crippen LogP contribution in [-0.4, -0.2) is 21.0 Å². The Morgan fingerprint density at radius 3 is 2.78 bits per heavy atom. The van der Waals surface area contributed by atoms with E-state index in [0.29, 0.717) is 18.1 Å². The molecule has 0 bridgehead atoms. The van der Waals surface area contributed by atoms with Crippen molar-refractivity contribution in [2.45, 2.75) is 13.5 Å². The first kappa shape index (κ1) is 14.7. The maximum Gasteiger partial charge on any atom is 0.270 e. The van der Waals surface area contributed by atoms with Gasteiger partial charge < -0.3 is 15.2 Å². The molecule has 0 fully saturated rings. The van der Waals surface area contributed by atoms with Gasteiger partial charge in [-0.05, 0) is 18.6 Å². The Morgan fingerprint density at radius 2 is 2.04 bits per heavy atom. The van der Waals surface area contributed by atoms with E-state index in [0.717, 1.165) is 5.56 Å². The van der Waals surface area contributed by atoms with E-state index < -0.39 is 0 Å². The van der Waals surface area contributed by atoms with Crippen molar-refractivity contribution in [3.63, 3.8) is 0 Å². The van der Waals surface area contributed by atoms with Crippen LogP contribution in [0.2, 0.25) is 0 Å². The van der Waals surface area contributed by atoms with E-state index in [4.69, 9.17) is 4.52 Å². The van der Waals surface area contributed by atoms with Crippen LogP contribution in [0.25, 0.3) is 0 Å². The summed E-state index contributed by atoms with van der Waals surface area (Å²) >= 11 is 0. The molecule has 0 aliphatic rings. The van der Waals surface area contributed by atoms with Crippen LogP contribution in [0.4, 0.5) is 11.8 Å². The van der Waals surface area contributed by atoms with Gasteiger partial charge in [0.05, 0.1) is 0 Å². The van der Waals surface area contributed by atoms with Crippen molar-refractivity contribution in [2.75, 3.05) is 5.32 Å². The fourth-order valence-corrected chi connectivity index (χ4v) is 1.95. The highest BCUT2D eigenvalue weighted by atomic mass is 16.5. The molecule has 3 rings (SSSR count). The summed E-state index contributed by atoms with van der Waals surface area (Å²) in [6, 6.07) is 12.9. The molecule has 2 heterocycles. The van der Waals surface area contributed by atoms with Gasteiger partial charge in [-0.25, -0.2) is 9.97 Å². The lowest BCUT2D eigenvalue weighted by Gasteiger charge is -2.06. The Bertz CT molecular complexity index is 801. The van der Waals surface area contributed by atoms with Crippen LogP contribution < -0.4 is 10.6 Å². The molecule has 0 atom stereocenters. The highest BCUT2D eigenvalue weighted by Crippen LogP contribution is 2.12. The minimum atomic E-state index is -0.268. The fourth-order valence-electron chi connectivity index (χ4n) is 1.95. The number of amides is 1. The van der Waals surface area contributed by atoms with Gasteiger partial charge in [0.15, 0.2) is 5.82 Å². The van der Waals surface area contributed by atoms with E-state index in [1.807, 2.05) is 30.3 Å². The molecule has 0 radical (unpaired) electrons. The zero-order valence-corrected chi connectivity index (χ0v) is 12.5. The van der Waals surface area contributed by atoms with Crippen molar-refractivity contribution in [1.82, 2.24) is 20.4 Å². The first-order valence-electron chi connectivity index (χ1n) is 7.06. The van der Waals surface area contributed by atoms with Gasteiger partial charge in [-0.1, -0.05) is 35.5 Å². The highest BCUT2D eigenvalue weighted by Gasteiger charge is 2.09. The summed E-state index contributed by atoms with van der Waals surface area (Å²) in [5.74, 6) is 1.18. The summed E-state index contributed by atoms with van der Waals surface area (Å²) in [6.45, 7) is 2.22. The fraction of sp³-hybridized carbons (Fsp3) is 0.125. The quantitative estimate of drug-likeness (QED) is 0.752. The van der Waals surface area contributed by atoms with Crippen molar-refractivity contribution in [3.05, 3.63) is 65.7 Å². The number of nitrogens with zero attached hydrogens (tertiary/aromatic N) is 3. The molecule has 1 aromatic carbocycles. The standard InChI is InChI=1S/C16H15N5O2/c1-11-9-14(21-23-11)20-16-17-8-7-13(19-16)15(22)18-10-12-5-3-2-4-6-12/h2-9H,10H2,1H3,(H,18,22)(H,17,19,20,21). The molecule has 0 spiro atoms. The number of aryl methyl sites for hydroxylation is 1. The maximum absolute atomic E-state index is 12.2. The van der Waals surface area contributed by atoms with Crippen LogP contribution in [0, 0.1) is 6.92 Å². The SMILES string of the molecule is Cc1cc(Nc2nccc(C(=O)NCc3ccccc3)n2)no1. The molecule has 1 amide bonds. The molecule has 7 heteroatoms. The molecule has 116 valence electrons. The number of carbonyl (C=O) groups excluding carboxylic acids is 1. The first-order chi connectivity index (χ1) is 11.2. The average Bonchev–Trinajstić information content (AvgIpc) is 2.99. The molecule has 2 N–H and O–H groups in total. The highest BCUT2D eigenvalue weighted by molar-refractivity contribution is 5.92. The lowest BCUT2D eigenvalue weighted by atomic mass is 10.2. The van der Waals surface area contributed by atoms with Crippen LogP contribution >= 0.6 is 0 Å². The lowest BCUT2D eigenvalue weighted by molar-refractivity contribution is 0.0946. The Kier molecular flexibility index (Phi) is 4.28. The van der Waals surface area contributed by atoms with Gasteiger partial charge >= 0.3 is 0 Å². The molecule has 3 aromatic rings. The summed E-state index contributed by atoms with van der Waals surface area (Å²) in [5, 5.41) is 9.50. The molecule has 0 saturated carbocycles. The predicted octanol–water partition coefficient (Wildman–Crippen LogP) is 2.45. The smallest absolute Gasteiger partial charge is 0.270 e. The molecule has 23 heavy (non-hydrogen) atoms. The van der Waals surface area contributed by atoms with Crippen LogP contribution in [0.15, 0.2) is 53.2 Å². The summed E-state index contributed by atoms with van der Waals surface area (Å²) < 4.78 is 4.95. The van der Waals surface area contributed by atoms with Gasteiger partial charge in [0.1, 0.15) is 11.5 Å². The molecule has 0 aliphatic heterocycles. The van der Waals surface area contributed by atoms with E-state index in [2.05, 4.69) is 25.8 Å². The number of hydrogen-bond donors (Lipinski definition) is 2. The van der Waals surface area contributed by atoms with Crippen LogP contribution in [0.3, 0.4) is 0 Å². The van der Waals surface area contributed by atoms with Gasteiger partial charge in [0.25, 0.3) is 5.91 Å². The third-order valence-corrected chi connectivity index (χ3v) is 3.05. The normalized spacial score (nSPS) is 10.3. The van der Waals surface area contributed by atoms with Crippen LogP contribution in [-0.2, 0) is 6.54 Å². The van der Waals surface area contributed by atoms with Gasteiger partial charge in [-0.15, -0.1) is 0 Å². The molecule has 2 aromatic heterocycles. The van der Waals surface area contributed by atoms with Gasteiger partial charge in [-0.3, -0.25) is 4.79 Å². The summed E-state index contributed by atoms with van der Waals surface area (Å²) in [6.07, 6.45) is 1.51. The second-order valence-corrected chi connectivity index (χ2v) is 4.88. The number of rotatable bonds is 5. The lowest BCUT2D eigenvalue weighted by Crippen LogP contribution is -2.24. The van der Waals surface area contributed by atoms with Crippen molar-refractivity contribution in [3.8, 4) is 0 Å². The minimum Gasteiger partial charge on any atom is -0.360 e. The molecule has 0 saturated heterocycles. The minimum absolute atomic E-state index is 0.268. The van der Waals surface area contributed by atoms with E-state index in [1.54, 1.807) is 19.1 Å².